The monoisotopic (exact) mass is 358 g/mol. The van der Waals surface area contributed by atoms with Crippen LogP contribution in [0.15, 0.2) is 42.9 Å². The van der Waals surface area contributed by atoms with Gasteiger partial charge in [0.2, 0.25) is 0 Å². The first-order valence-electron chi connectivity index (χ1n) is 7.15. The minimum atomic E-state index is 0.482. The molecule has 6 nitrogen and oxygen atoms in total. The number of halogens is 2. The van der Waals surface area contributed by atoms with E-state index in [4.69, 9.17) is 23.2 Å². The van der Waals surface area contributed by atoms with Gasteiger partial charge in [0.1, 0.15) is 0 Å². The lowest BCUT2D eigenvalue weighted by Crippen LogP contribution is -1.91. The highest BCUT2D eigenvalue weighted by Gasteiger charge is 2.10. The van der Waals surface area contributed by atoms with Gasteiger partial charge in [-0.3, -0.25) is 9.78 Å². The van der Waals surface area contributed by atoms with Crippen molar-refractivity contribution in [1.82, 2.24) is 25.0 Å². The van der Waals surface area contributed by atoms with E-state index in [2.05, 4.69) is 25.6 Å². The Morgan fingerprint density at radius 2 is 1.96 bits per heavy atom. The Bertz CT molecular complexity index is 1040. The number of hydrogen-bond acceptors (Lipinski definition) is 4. The number of pyridine rings is 1. The Balaban J connectivity index is 1.74. The van der Waals surface area contributed by atoms with E-state index in [0.29, 0.717) is 21.5 Å². The van der Waals surface area contributed by atoms with E-state index in [1.807, 2.05) is 25.4 Å². The Labute approximate surface area is 147 Å². The molecular formula is C16H12Cl2N6. The summed E-state index contributed by atoms with van der Waals surface area (Å²) < 4.78 is 1.75. The second-order valence-corrected chi connectivity index (χ2v) is 6.16. The van der Waals surface area contributed by atoms with Crippen molar-refractivity contribution in [2.45, 2.75) is 0 Å². The van der Waals surface area contributed by atoms with E-state index >= 15 is 0 Å². The fourth-order valence-corrected chi connectivity index (χ4v) is 2.74. The van der Waals surface area contributed by atoms with Gasteiger partial charge in [0, 0.05) is 36.3 Å². The van der Waals surface area contributed by atoms with Crippen LogP contribution in [-0.2, 0) is 7.05 Å². The molecule has 0 fully saturated rings. The molecule has 0 unspecified atom stereocenters. The predicted molar refractivity (Wildman–Crippen MR) is 95.8 cm³/mol. The van der Waals surface area contributed by atoms with E-state index in [-0.39, 0.29) is 0 Å². The molecule has 0 saturated carbocycles. The second kappa shape index (κ2) is 5.81. The highest BCUT2D eigenvalue weighted by atomic mass is 35.5. The second-order valence-electron chi connectivity index (χ2n) is 5.35. The standard InChI is InChI=1S/C16H12Cl2N6/c1-24-8-10(7-20-24)9-4-12-15(19-6-9)22-23-16(12)21-11-2-3-13(17)14(18)5-11/h2-8H,1H3,(H2,19,21,22,23). The van der Waals surface area contributed by atoms with Gasteiger partial charge in [-0.15, -0.1) is 0 Å². The Morgan fingerprint density at radius 1 is 1.08 bits per heavy atom. The lowest BCUT2D eigenvalue weighted by Gasteiger charge is -2.05. The van der Waals surface area contributed by atoms with Crippen molar-refractivity contribution in [3.63, 3.8) is 0 Å². The number of nitrogens with zero attached hydrogens (tertiary/aromatic N) is 4. The lowest BCUT2D eigenvalue weighted by molar-refractivity contribution is 0.768. The van der Waals surface area contributed by atoms with E-state index in [0.717, 1.165) is 22.2 Å². The van der Waals surface area contributed by atoms with Gasteiger partial charge >= 0.3 is 0 Å². The zero-order valence-electron chi connectivity index (χ0n) is 12.6. The molecule has 24 heavy (non-hydrogen) atoms. The maximum atomic E-state index is 6.06. The number of benzene rings is 1. The molecular weight excluding hydrogens is 347 g/mol. The molecule has 0 amide bonds. The van der Waals surface area contributed by atoms with Crippen molar-refractivity contribution < 1.29 is 0 Å². The van der Waals surface area contributed by atoms with Crippen molar-refractivity contribution in [2.75, 3.05) is 5.32 Å². The van der Waals surface area contributed by atoms with Gasteiger partial charge in [-0.25, -0.2) is 4.98 Å². The van der Waals surface area contributed by atoms with Crippen LogP contribution >= 0.6 is 23.2 Å². The van der Waals surface area contributed by atoms with Crippen molar-refractivity contribution >= 4 is 45.7 Å². The average Bonchev–Trinajstić information content (AvgIpc) is 3.17. The van der Waals surface area contributed by atoms with E-state index in [1.165, 1.54) is 0 Å². The van der Waals surface area contributed by atoms with Gasteiger partial charge in [-0.05, 0) is 24.3 Å². The number of rotatable bonds is 3. The van der Waals surface area contributed by atoms with E-state index < -0.39 is 0 Å². The molecule has 4 rings (SSSR count). The van der Waals surface area contributed by atoms with Crippen LogP contribution in [0.25, 0.3) is 22.2 Å². The molecule has 0 bridgehead atoms. The summed E-state index contributed by atoms with van der Waals surface area (Å²) in [5, 5.41) is 16.5. The van der Waals surface area contributed by atoms with Gasteiger partial charge in [-0.1, -0.05) is 23.2 Å². The summed E-state index contributed by atoms with van der Waals surface area (Å²) in [5.41, 5.74) is 3.46. The fourth-order valence-electron chi connectivity index (χ4n) is 2.44. The van der Waals surface area contributed by atoms with E-state index in [9.17, 15) is 0 Å². The molecule has 3 heterocycles. The third kappa shape index (κ3) is 2.70. The zero-order valence-corrected chi connectivity index (χ0v) is 14.1. The molecule has 0 saturated heterocycles. The van der Waals surface area contributed by atoms with Crippen molar-refractivity contribution in [2.24, 2.45) is 7.05 Å². The number of aromatic nitrogens is 5. The number of aryl methyl sites for hydroxylation is 1. The highest BCUT2D eigenvalue weighted by Crippen LogP contribution is 2.30. The fraction of sp³-hybridized carbons (Fsp3) is 0.0625. The normalized spacial score (nSPS) is 11.1. The highest BCUT2D eigenvalue weighted by molar-refractivity contribution is 6.42. The topological polar surface area (TPSA) is 71.4 Å². The molecule has 8 heteroatoms. The predicted octanol–water partition coefficient (Wildman–Crippen LogP) is 4.41. The quantitative estimate of drug-likeness (QED) is 0.568. The van der Waals surface area contributed by atoms with Crippen LogP contribution in [0.4, 0.5) is 11.5 Å². The number of anilines is 2. The summed E-state index contributed by atoms with van der Waals surface area (Å²) in [6.07, 6.45) is 5.53. The van der Waals surface area contributed by atoms with Gasteiger partial charge in [0.15, 0.2) is 11.5 Å². The van der Waals surface area contributed by atoms with Crippen LogP contribution < -0.4 is 5.32 Å². The summed E-state index contributed by atoms with van der Waals surface area (Å²) in [5.74, 6) is 0.668. The molecule has 0 aliphatic carbocycles. The summed E-state index contributed by atoms with van der Waals surface area (Å²) in [7, 11) is 1.88. The Hall–Kier alpha value is -2.57. The first-order chi connectivity index (χ1) is 11.6. The maximum absolute atomic E-state index is 6.06. The van der Waals surface area contributed by atoms with Crippen LogP contribution in [0.1, 0.15) is 0 Å². The molecule has 1 aromatic carbocycles. The first-order valence-corrected chi connectivity index (χ1v) is 7.91. The van der Waals surface area contributed by atoms with Crippen molar-refractivity contribution in [3.8, 4) is 11.1 Å². The van der Waals surface area contributed by atoms with Gasteiger partial charge in [0.05, 0.1) is 21.6 Å². The number of fused-ring (bicyclic) bond motifs is 1. The maximum Gasteiger partial charge on any atom is 0.161 e. The Morgan fingerprint density at radius 3 is 2.71 bits per heavy atom. The summed E-state index contributed by atoms with van der Waals surface area (Å²) in [6.45, 7) is 0. The molecule has 2 N–H and O–H groups in total. The number of H-pyrrole nitrogens is 1. The van der Waals surface area contributed by atoms with Crippen LogP contribution in [0.3, 0.4) is 0 Å². The smallest absolute Gasteiger partial charge is 0.161 e. The number of nitrogens with one attached hydrogen (secondary N) is 2. The largest absolute Gasteiger partial charge is 0.338 e. The van der Waals surface area contributed by atoms with Gasteiger partial charge < -0.3 is 5.32 Å². The number of aromatic amines is 1. The summed E-state index contributed by atoms with van der Waals surface area (Å²) in [4.78, 5) is 4.42. The van der Waals surface area contributed by atoms with Crippen LogP contribution in [0.2, 0.25) is 10.0 Å². The van der Waals surface area contributed by atoms with Gasteiger partial charge in [0.25, 0.3) is 0 Å². The average molecular weight is 359 g/mol. The Kier molecular flexibility index (Phi) is 3.63. The third-order valence-electron chi connectivity index (χ3n) is 3.64. The zero-order chi connectivity index (χ0) is 16.7. The van der Waals surface area contributed by atoms with Crippen LogP contribution in [0.5, 0.6) is 0 Å². The van der Waals surface area contributed by atoms with Crippen LogP contribution in [0, 0.1) is 0 Å². The molecule has 120 valence electrons. The minimum Gasteiger partial charge on any atom is -0.338 e. The first kappa shape index (κ1) is 15.0. The molecule has 4 aromatic rings. The third-order valence-corrected chi connectivity index (χ3v) is 4.38. The molecule has 0 radical (unpaired) electrons. The van der Waals surface area contributed by atoms with Gasteiger partial charge in [-0.2, -0.15) is 10.2 Å². The molecule has 0 aliphatic rings. The molecule has 0 aliphatic heterocycles. The minimum absolute atomic E-state index is 0.482. The molecule has 0 atom stereocenters. The van der Waals surface area contributed by atoms with E-state index in [1.54, 1.807) is 29.2 Å². The molecule has 0 spiro atoms. The summed E-state index contributed by atoms with van der Waals surface area (Å²) >= 11 is 12.0. The molecule has 3 aromatic heterocycles. The number of hydrogen-bond donors (Lipinski definition) is 2. The summed E-state index contributed by atoms with van der Waals surface area (Å²) in [6, 6.07) is 7.35. The van der Waals surface area contributed by atoms with Crippen molar-refractivity contribution in [1.29, 1.82) is 0 Å². The van der Waals surface area contributed by atoms with Crippen LogP contribution in [-0.4, -0.2) is 25.0 Å². The SMILES string of the molecule is Cn1cc(-c2cnc3[nH]nc(Nc4ccc(Cl)c(Cl)c4)c3c2)cn1. The van der Waals surface area contributed by atoms with Crippen molar-refractivity contribution in [3.05, 3.63) is 52.9 Å². The lowest BCUT2D eigenvalue weighted by atomic mass is 10.1.